The van der Waals surface area contributed by atoms with Crippen LogP contribution in [0, 0.1) is 13.8 Å². The van der Waals surface area contributed by atoms with Crippen LogP contribution in [0.25, 0.3) is 0 Å². The molecule has 0 aliphatic rings. The second-order valence-electron chi connectivity index (χ2n) is 5.81. The smallest absolute Gasteiger partial charge is 0.130 e. The predicted molar refractivity (Wildman–Crippen MR) is 96.1 cm³/mol. The molecule has 2 aromatic carbocycles. The van der Waals surface area contributed by atoms with Crippen LogP contribution in [0.5, 0.6) is 11.5 Å². The van der Waals surface area contributed by atoms with Crippen molar-refractivity contribution in [3.63, 3.8) is 0 Å². The van der Waals surface area contributed by atoms with Crippen LogP contribution in [-0.2, 0) is 10.3 Å². The van der Waals surface area contributed by atoms with Gasteiger partial charge in [-0.15, -0.1) is 6.58 Å². The summed E-state index contributed by atoms with van der Waals surface area (Å²) >= 11 is 0. The Morgan fingerprint density at radius 2 is 1.87 bits per heavy atom. The van der Waals surface area contributed by atoms with Gasteiger partial charge in [0, 0.05) is 0 Å². The summed E-state index contributed by atoms with van der Waals surface area (Å²) in [4.78, 5) is 0. The first-order chi connectivity index (χ1) is 11.0. The Morgan fingerprint density at radius 3 is 2.57 bits per heavy atom. The number of hydrogen-bond acceptors (Lipinski definition) is 2. The van der Waals surface area contributed by atoms with Gasteiger partial charge in [-0.05, 0) is 55.7 Å². The highest BCUT2D eigenvalue weighted by Gasteiger charge is 2.23. The normalized spacial score (nSPS) is 13.2. The van der Waals surface area contributed by atoms with Gasteiger partial charge in [0.2, 0.25) is 0 Å². The molecule has 0 aliphatic heterocycles. The molecule has 0 spiro atoms. The molecule has 2 rings (SSSR count). The molecule has 0 heterocycles. The zero-order valence-corrected chi connectivity index (χ0v) is 14.1. The molecule has 0 saturated carbocycles. The molecule has 2 nitrogen and oxygen atoms in total. The second-order valence-corrected chi connectivity index (χ2v) is 5.81. The molecule has 2 heteroatoms. The topological polar surface area (TPSA) is 18.5 Å². The first-order valence-corrected chi connectivity index (χ1v) is 7.72. The maximum absolute atomic E-state index is 6.06. The Kier molecular flexibility index (Phi) is 5.41. The van der Waals surface area contributed by atoms with Gasteiger partial charge in [-0.2, -0.15) is 0 Å². The van der Waals surface area contributed by atoms with Crippen LogP contribution in [0.15, 0.2) is 67.8 Å². The maximum Gasteiger partial charge on any atom is 0.130 e. The van der Waals surface area contributed by atoms with Crippen LogP contribution in [0.1, 0.15) is 23.6 Å². The quantitative estimate of drug-likeness (QED) is 0.611. The van der Waals surface area contributed by atoms with Gasteiger partial charge in [0.05, 0.1) is 6.61 Å². The van der Waals surface area contributed by atoms with Crippen molar-refractivity contribution in [1.29, 1.82) is 0 Å². The fourth-order valence-corrected chi connectivity index (χ4v) is 2.30. The molecule has 0 bridgehead atoms. The number of aryl methyl sites for hydroxylation is 2. The largest absolute Gasteiger partial charge is 0.457 e. The summed E-state index contributed by atoms with van der Waals surface area (Å²) < 4.78 is 11.9. The van der Waals surface area contributed by atoms with Crippen LogP contribution in [-0.4, -0.2) is 6.61 Å². The summed E-state index contributed by atoms with van der Waals surface area (Å²) in [6.45, 7) is 14.1. The van der Waals surface area contributed by atoms with Crippen LogP contribution in [0.4, 0.5) is 0 Å². The summed E-state index contributed by atoms with van der Waals surface area (Å²) in [5.74, 6) is 1.65. The van der Waals surface area contributed by atoms with E-state index in [1.165, 1.54) is 5.56 Å². The standard InChI is InChI=1S/C21H24O2/c1-6-13-22-21(5,7-2)18-9-8-10-19(15-18)23-20-14-16(3)11-12-17(20)4/h6-12,14-15H,1-2,13H2,3-5H3. The van der Waals surface area contributed by atoms with Crippen molar-refractivity contribution < 1.29 is 9.47 Å². The van der Waals surface area contributed by atoms with Crippen LogP contribution >= 0.6 is 0 Å². The fourth-order valence-electron chi connectivity index (χ4n) is 2.30. The third-order valence-corrected chi connectivity index (χ3v) is 3.87. The van der Waals surface area contributed by atoms with E-state index >= 15 is 0 Å². The highest BCUT2D eigenvalue weighted by molar-refractivity contribution is 5.42. The third-order valence-electron chi connectivity index (χ3n) is 3.87. The molecule has 120 valence electrons. The highest BCUT2D eigenvalue weighted by atomic mass is 16.5. The van der Waals surface area contributed by atoms with E-state index in [4.69, 9.17) is 9.47 Å². The molecule has 23 heavy (non-hydrogen) atoms. The van der Waals surface area contributed by atoms with Gasteiger partial charge >= 0.3 is 0 Å². The fraction of sp³-hybridized carbons (Fsp3) is 0.238. The molecule has 1 atom stereocenters. The molecule has 0 radical (unpaired) electrons. The Morgan fingerprint density at radius 1 is 1.09 bits per heavy atom. The van der Waals surface area contributed by atoms with Gasteiger partial charge < -0.3 is 9.47 Å². The van der Waals surface area contributed by atoms with E-state index in [1.807, 2.05) is 44.2 Å². The molecule has 0 N–H and O–H groups in total. The van der Waals surface area contributed by atoms with Crippen molar-refractivity contribution in [2.45, 2.75) is 26.4 Å². The number of hydrogen-bond donors (Lipinski definition) is 0. The van der Waals surface area contributed by atoms with Crippen molar-refractivity contribution in [1.82, 2.24) is 0 Å². The summed E-state index contributed by atoms with van der Waals surface area (Å²) in [5, 5.41) is 0. The monoisotopic (exact) mass is 308 g/mol. The van der Waals surface area contributed by atoms with Crippen molar-refractivity contribution in [2.75, 3.05) is 6.61 Å². The van der Waals surface area contributed by atoms with Crippen LogP contribution < -0.4 is 4.74 Å². The second kappa shape index (κ2) is 7.30. The third kappa shape index (κ3) is 4.11. The Labute approximate surface area is 139 Å². The van der Waals surface area contributed by atoms with Gasteiger partial charge in [-0.1, -0.05) is 43.0 Å². The summed E-state index contributed by atoms with van der Waals surface area (Å²) in [6, 6.07) is 14.1. The lowest BCUT2D eigenvalue weighted by Crippen LogP contribution is -2.23. The summed E-state index contributed by atoms with van der Waals surface area (Å²) in [5.41, 5.74) is 2.70. The van der Waals surface area contributed by atoms with E-state index in [9.17, 15) is 0 Å². The van der Waals surface area contributed by atoms with E-state index in [-0.39, 0.29) is 0 Å². The number of rotatable bonds is 7. The molecule has 0 aromatic heterocycles. The number of benzene rings is 2. The first kappa shape index (κ1) is 17.0. The summed E-state index contributed by atoms with van der Waals surface area (Å²) in [6.07, 6.45) is 3.53. The van der Waals surface area contributed by atoms with Crippen molar-refractivity contribution in [3.05, 3.63) is 84.5 Å². The molecule has 0 saturated heterocycles. The Hall–Kier alpha value is -2.32. The minimum atomic E-state index is -0.574. The van der Waals surface area contributed by atoms with Crippen LogP contribution in [0.3, 0.4) is 0 Å². The van der Waals surface area contributed by atoms with E-state index in [0.717, 1.165) is 22.6 Å². The van der Waals surface area contributed by atoms with E-state index in [0.29, 0.717) is 6.61 Å². The van der Waals surface area contributed by atoms with E-state index < -0.39 is 5.60 Å². The van der Waals surface area contributed by atoms with Gasteiger partial charge in [0.1, 0.15) is 17.1 Å². The zero-order valence-electron chi connectivity index (χ0n) is 14.1. The van der Waals surface area contributed by atoms with Crippen molar-refractivity contribution in [2.24, 2.45) is 0 Å². The molecule has 2 aromatic rings. The van der Waals surface area contributed by atoms with Crippen molar-refractivity contribution >= 4 is 0 Å². The Balaban J connectivity index is 2.30. The molecule has 1 unspecified atom stereocenters. The summed E-state index contributed by atoms with van der Waals surface area (Å²) in [7, 11) is 0. The zero-order chi connectivity index (χ0) is 16.9. The lowest BCUT2D eigenvalue weighted by Gasteiger charge is -2.26. The van der Waals surface area contributed by atoms with Gasteiger partial charge in [0.15, 0.2) is 0 Å². The van der Waals surface area contributed by atoms with E-state index in [2.05, 4.69) is 32.2 Å². The lowest BCUT2D eigenvalue weighted by atomic mass is 9.95. The van der Waals surface area contributed by atoms with Gasteiger partial charge in [-0.3, -0.25) is 0 Å². The maximum atomic E-state index is 6.06. The van der Waals surface area contributed by atoms with Crippen LogP contribution in [0.2, 0.25) is 0 Å². The molecule has 0 fully saturated rings. The van der Waals surface area contributed by atoms with Crippen molar-refractivity contribution in [3.8, 4) is 11.5 Å². The van der Waals surface area contributed by atoms with Gasteiger partial charge in [-0.25, -0.2) is 0 Å². The van der Waals surface area contributed by atoms with Gasteiger partial charge in [0.25, 0.3) is 0 Å². The predicted octanol–water partition coefficient (Wildman–Crippen LogP) is 5.70. The minimum Gasteiger partial charge on any atom is -0.457 e. The first-order valence-electron chi connectivity index (χ1n) is 7.72. The lowest BCUT2D eigenvalue weighted by molar-refractivity contribution is 0.0207. The minimum absolute atomic E-state index is 0.463. The highest BCUT2D eigenvalue weighted by Crippen LogP contribution is 2.32. The average Bonchev–Trinajstić information content (AvgIpc) is 2.56. The number of ether oxygens (including phenoxy) is 2. The Bertz CT molecular complexity index is 703. The molecular formula is C21H24O2. The average molecular weight is 308 g/mol. The van der Waals surface area contributed by atoms with E-state index in [1.54, 1.807) is 12.2 Å². The molecular weight excluding hydrogens is 284 g/mol. The molecule has 0 aliphatic carbocycles. The SMILES string of the molecule is C=CCOC(C)(C=C)c1cccc(Oc2cc(C)ccc2C)c1. The molecule has 0 amide bonds.